The fraction of sp³-hybridized carbons (Fsp3) is 1.00. The van der Waals surface area contributed by atoms with Gasteiger partial charge < -0.3 is 21.7 Å². The van der Waals surface area contributed by atoms with Crippen molar-refractivity contribution in [3.63, 3.8) is 0 Å². The molecule has 0 heterocycles. The van der Waals surface area contributed by atoms with Gasteiger partial charge in [0.25, 0.3) is 0 Å². The van der Waals surface area contributed by atoms with E-state index < -0.39 is 0 Å². The highest BCUT2D eigenvalue weighted by molar-refractivity contribution is 9.09. The molecule has 0 fully saturated rings. The van der Waals surface area contributed by atoms with E-state index in [9.17, 15) is 0 Å². The first-order chi connectivity index (χ1) is 8.44. The van der Waals surface area contributed by atoms with Crippen molar-refractivity contribution in [2.45, 2.75) is 61.4 Å². The van der Waals surface area contributed by atoms with Gasteiger partial charge in [0, 0.05) is 22.7 Å². The summed E-state index contributed by atoms with van der Waals surface area (Å²) in [7, 11) is 0. The zero-order valence-corrected chi connectivity index (χ0v) is 18.8. The molecule has 4 unspecified atom stereocenters. The van der Waals surface area contributed by atoms with Gasteiger partial charge in [0.05, 0.1) is 12.2 Å². The second-order valence-electron chi connectivity index (χ2n) is 4.22. The Bertz CT molecular complexity index is 164. The molecule has 4 atom stereocenters. The molecule has 0 aromatic carbocycles. The van der Waals surface area contributed by atoms with Gasteiger partial charge in [0.1, 0.15) is 0 Å². The second-order valence-corrected chi connectivity index (χ2v) is 6.57. The number of halogens is 4. The third-order valence-corrected chi connectivity index (χ3v) is 4.58. The van der Waals surface area contributed by atoms with Crippen molar-refractivity contribution >= 4 is 65.8 Å². The molecule has 0 aromatic heterocycles. The van der Waals surface area contributed by atoms with Crippen LogP contribution in [0.3, 0.4) is 0 Å². The average molecular weight is 554 g/mol. The smallest absolute Gasteiger partial charge is 0.0787 e. The van der Waals surface area contributed by atoms with Gasteiger partial charge >= 0.3 is 0 Å². The van der Waals surface area contributed by atoms with Crippen molar-refractivity contribution in [2.24, 2.45) is 11.5 Å². The lowest BCUT2D eigenvalue weighted by Crippen LogP contribution is -2.28. The van der Waals surface area contributed by atoms with Crippen LogP contribution in [0.25, 0.3) is 0 Å². The first kappa shape index (κ1) is 29.7. The minimum absolute atomic E-state index is 0. The molecule has 0 saturated heterocycles. The fourth-order valence-corrected chi connectivity index (χ4v) is 2.58. The second kappa shape index (κ2) is 20.8. The average Bonchev–Trinajstić information content (AvgIpc) is 2.38. The van der Waals surface area contributed by atoms with Crippen LogP contribution in [0.4, 0.5) is 0 Å². The Kier molecular flexibility index (Phi) is 30.9. The van der Waals surface area contributed by atoms with Crippen LogP contribution in [-0.4, -0.2) is 45.2 Å². The lowest BCUT2D eigenvalue weighted by atomic mass is 10.2. The Morgan fingerprint density at radius 1 is 0.800 bits per heavy atom. The molecule has 0 amide bonds. The van der Waals surface area contributed by atoms with E-state index >= 15 is 0 Å². The summed E-state index contributed by atoms with van der Waals surface area (Å²) >= 11 is 6.67. The maximum absolute atomic E-state index is 9.09. The molecule has 0 aliphatic heterocycles. The molecule has 0 bridgehead atoms. The van der Waals surface area contributed by atoms with Gasteiger partial charge in [0.15, 0.2) is 0 Å². The van der Waals surface area contributed by atoms with E-state index in [4.69, 9.17) is 21.7 Å². The summed E-state index contributed by atoms with van der Waals surface area (Å²) in [6, 6.07) is 0. The van der Waals surface area contributed by atoms with Crippen molar-refractivity contribution < 1.29 is 10.2 Å². The summed E-state index contributed by atoms with van der Waals surface area (Å²) < 4.78 is 0. The summed E-state index contributed by atoms with van der Waals surface area (Å²) in [6.45, 7) is 4.85. The van der Waals surface area contributed by atoms with Crippen LogP contribution in [0.5, 0.6) is 0 Å². The van der Waals surface area contributed by atoms with E-state index in [0.717, 1.165) is 25.7 Å². The molecule has 0 aliphatic rings. The summed E-state index contributed by atoms with van der Waals surface area (Å²) in [4.78, 5) is 0.347. The van der Waals surface area contributed by atoms with Crippen LogP contribution >= 0.6 is 65.8 Å². The molecule has 0 aromatic rings. The van der Waals surface area contributed by atoms with Crippen LogP contribution in [-0.2, 0) is 0 Å². The monoisotopic (exact) mass is 550 g/mol. The number of aliphatic hydroxyl groups is 2. The van der Waals surface area contributed by atoms with E-state index in [2.05, 4.69) is 45.7 Å². The first-order valence-corrected chi connectivity index (χ1v) is 8.31. The van der Waals surface area contributed by atoms with E-state index in [1.54, 1.807) is 0 Å². The van der Waals surface area contributed by atoms with Gasteiger partial charge in [-0.05, 0) is 12.8 Å². The van der Waals surface area contributed by atoms with E-state index in [1.165, 1.54) is 0 Å². The maximum Gasteiger partial charge on any atom is 0.0787 e. The summed E-state index contributed by atoms with van der Waals surface area (Å²) in [6.07, 6.45) is 3.35. The van der Waals surface area contributed by atoms with Gasteiger partial charge in [-0.2, -0.15) is 0 Å². The lowest BCUT2D eigenvalue weighted by molar-refractivity contribution is 0.177. The highest BCUT2D eigenvalue weighted by atomic mass is 79.9. The Morgan fingerprint density at radius 2 is 1.05 bits per heavy atom. The first-order valence-electron chi connectivity index (χ1n) is 6.48. The third-order valence-electron chi connectivity index (χ3n) is 2.45. The molecule has 6 N–H and O–H groups in total. The molecule has 0 rings (SSSR count). The van der Waals surface area contributed by atoms with Gasteiger partial charge in [-0.1, -0.05) is 58.5 Å². The van der Waals surface area contributed by atoms with E-state index in [1.807, 2.05) is 0 Å². The van der Waals surface area contributed by atoms with Crippen LogP contribution in [0.15, 0.2) is 0 Å². The number of hydrogen-bond acceptors (Lipinski definition) is 4. The standard InChI is InChI=1S/2C6H14BrNO.2BrH/c2*1-2-3-5(7)6(9)4-8;;/h2*5-6,9H,2-4,8H2,1H3;2*1H. The molecule has 8 heteroatoms. The third kappa shape index (κ3) is 17.8. The van der Waals surface area contributed by atoms with Crippen LogP contribution < -0.4 is 11.5 Å². The number of hydrogen-bond donors (Lipinski definition) is 4. The topological polar surface area (TPSA) is 92.5 Å². The Balaban J connectivity index is -0.000000116. The molecule has 128 valence electrons. The predicted octanol–water partition coefficient (Wildman–Crippen LogP) is 2.90. The van der Waals surface area contributed by atoms with Crippen molar-refractivity contribution in [2.75, 3.05) is 13.1 Å². The molecular formula is C12H30Br4N2O2. The van der Waals surface area contributed by atoms with Crippen LogP contribution in [0.2, 0.25) is 0 Å². The molecule has 0 saturated carbocycles. The number of nitrogens with two attached hydrogens (primary N) is 2. The SMILES string of the molecule is Br.Br.CCCC(Br)C(O)CN.CCCC(Br)C(O)CN. The van der Waals surface area contributed by atoms with Gasteiger partial charge in [-0.15, -0.1) is 34.0 Å². The zero-order chi connectivity index (χ0) is 14.6. The number of rotatable bonds is 8. The van der Waals surface area contributed by atoms with Crippen LogP contribution in [0.1, 0.15) is 39.5 Å². The quantitative estimate of drug-likeness (QED) is 0.348. The van der Waals surface area contributed by atoms with Gasteiger partial charge in [0.2, 0.25) is 0 Å². The predicted molar refractivity (Wildman–Crippen MR) is 106 cm³/mol. The van der Waals surface area contributed by atoms with Gasteiger partial charge in [-0.3, -0.25) is 0 Å². The Hall–Kier alpha value is 1.76. The summed E-state index contributed by atoms with van der Waals surface area (Å²) in [5.74, 6) is 0. The van der Waals surface area contributed by atoms with Crippen molar-refractivity contribution in [1.29, 1.82) is 0 Å². The van der Waals surface area contributed by atoms with Crippen LogP contribution in [0, 0.1) is 0 Å². The minimum atomic E-state index is -0.384. The summed E-state index contributed by atoms with van der Waals surface area (Å²) in [5, 5.41) is 18.2. The number of aliphatic hydroxyl groups excluding tert-OH is 2. The van der Waals surface area contributed by atoms with Gasteiger partial charge in [-0.25, -0.2) is 0 Å². The lowest BCUT2D eigenvalue weighted by Gasteiger charge is -2.13. The Morgan fingerprint density at radius 3 is 1.20 bits per heavy atom. The largest absolute Gasteiger partial charge is 0.391 e. The summed E-state index contributed by atoms with van der Waals surface area (Å²) in [5.41, 5.74) is 10.4. The highest BCUT2D eigenvalue weighted by Gasteiger charge is 2.12. The normalized spacial score (nSPS) is 15.6. The van der Waals surface area contributed by atoms with Crippen molar-refractivity contribution in [3.8, 4) is 0 Å². The number of alkyl halides is 2. The molecule has 0 spiro atoms. The van der Waals surface area contributed by atoms with Crippen molar-refractivity contribution in [3.05, 3.63) is 0 Å². The molecule has 20 heavy (non-hydrogen) atoms. The van der Waals surface area contributed by atoms with E-state index in [-0.39, 0.29) is 55.8 Å². The highest BCUT2D eigenvalue weighted by Crippen LogP contribution is 2.11. The maximum atomic E-state index is 9.09. The van der Waals surface area contributed by atoms with E-state index in [0.29, 0.717) is 13.1 Å². The zero-order valence-electron chi connectivity index (χ0n) is 12.2. The molecule has 4 nitrogen and oxygen atoms in total. The minimum Gasteiger partial charge on any atom is -0.391 e. The molecule has 0 aliphatic carbocycles. The molecular weight excluding hydrogens is 524 g/mol. The molecule has 0 radical (unpaired) electrons. The van der Waals surface area contributed by atoms with Crippen molar-refractivity contribution in [1.82, 2.24) is 0 Å². The Labute approximate surface area is 161 Å². The fourth-order valence-electron chi connectivity index (χ4n) is 1.23.